The number of nitrogens with zero attached hydrogens (tertiary/aromatic N) is 1. The topological polar surface area (TPSA) is 64.1 Å². The molecule has 0 bridgehead atoms. The van der Waals surface area contributed by atoms with E-state index in [0.717, 1.165) is 30.4 Å². The van der Waals surface area contributed by atoms with Crippen molar-refractivity contribution in [3.05, 3.63) is 46.2 Å². The second-order valence-corrected chi connectivity index (χ2v) is 8.25. The third-order valence-electron chi connectivity index (χ3n) is 3.87. The minimum atomic E-state index is 0.160. The number of hydrogen-bond donors (Lipinski definition) is 2. The van der Waals surface area contributed by atoms with Crippen molar-refractivity contribution >= 4 is 23.0 Å². The summed E-state index contributed by atoms with van der Waals surface area (Å²) in [5.74, 6) is 1.62. The third kappa shape index (κ3) is 9.78. The molecule has 1 aromatic carbocycles. The van der Waals surface area contributed by atoms with E-state index in [1.807, 2.05) is 38.1 Å². The van der Waals surface area contributed by atoms with Gasteiger partial charge in [-0.25, -0.2) is 4.99 Å². The van der Waals surface area contributed by atoms with Crippen LogP contribution in [0.25, 0.3) is 0 Å². The average Bonchev–Trinajstić information content (AvgIpc) is 3.11. The molecule has 1 aromatic heterocycles. The van der Waals surface area contributed by atoms with Crippen molar-refractivity contribution in [1.82, 2.24) is 5.32 Å². The molecule has 0 unspecified atom stereocenters. The molecule has 2 aromatic rings. The second-order valence-electron chi connectivity index (χ2n) is 6.88. The summed E-state index contributed by atoms with van der Waals surface area (Å²) >= 11 is 1.77. The first-order valence-electron chi connectivity index (χ1n) is 10.0. The number of anilines is 1. The van der Waals surface area contributed by atoms with Crippen molar-refractivity contribution in [3.8, 4) is 5.75 Å². The lowest BCUT2D eigenvalue weighted by Gasteiger charge is -2.14. The number of aliphatic imine (C=N–C) groups is 1. The molecule has 0 saturated carbocycles. The molecule has 0 aliphatic carbocycles. The fraction of sp³-hybridized carbons (Fsp3) is 0.500. The van der Waals surface area contributed by atoms with Crippen molar-refractivity contribution in [2.75, 3.05) is 38.8 Å². The molecule has 1 heterocycles. The normalized spacial score (nSPS) is 11.7. The van der Waals surface area contributed by atoms with E-state index in [2.05, 4.69) is 29.7 Å². The van der Waals surface area contributed by atoms with Gasteiger partial charge < -0.3 is 24.8 Å². The molecule has 7 heteroatoms. The number of rotatable bonds is 12. The van der Waals surface area contributed by atoms with Crippen molar-refractivity contribution in [3.63, 3.8) is 0 Å². The van der Waals surface area contributed by atoms with Crippen LogP contribution in [0.4, 0.5) is 5.69 Å². The van der Waals surface area contributed by atoms with E-state index in [0.29, 0.717) is 26.4 Å². The van der Waals surface area contributed by atoms with Crippen molar-refractivity contribution in [1.29, 1.82) is 0 Å². The highest BCUT2D eigenvalue weighted by molar-refractivity contribution is 7.11. The van der Waals surface area contributed by atoms with Crippen LogP contribution in [0.1, 0.15) is 30.0 Å². The Morgan fingerprint density at radius 2 is 1.86 bits per heavy atom. The summed E-state index contributed by atoms with van der Waals surface area (Å²) in [4.78, 5) is 7.27. The fourth-order valence-corrected chi connectivity index (χ4v) is 3.33. The maximum Gasteiger partial charge on any atom is 0.196 e. The molecule has 0 aliphatic rings. The lowest BCUT2D eigenvalue weighted by molar-refractivity contribution is 0.0699. The van der Waals surface area contributed by atoms with Gasteiger partial charge in [0.15, 0.2) is 5.96 Å². The molecule has 0 aliphatic heterocycles. The Labute approximate surface area is 178 Å². The second kappa shape index (κ2) is 13.2. The zero-order chi connectivity index (χ0) is 20.9. The zero-order valence-electron chi connectivity index (χ0n) is 17.9. The van der Waals surface area contributed by atoms with Crippen LogP contribution in [-0.4, -0.2) is 45.5 Å². The summed E-state index contributed by atoms with van der Waals surface area (Å²) in [5, 5.41) is 6.76. The molecule has 0 atom stereocenters. The van der Waals surface area contributed by atoms with Crippen molar-refractivity contribution < 1.29 is 14.2 Å². The monoisotopic (exact) mass is 419 g/mol. The van der Waals surface area contributed by atoms with E-state index in [4.69, 9.17) is 19.2 Å². The molecular weight excluding hydrogens is 386 g/mol. The summed E-state index contributed by atoms with van der Waals surface area (Å²) in [6.07, 6.45) is 1.05. The summed E-state index contributed by atoms with van der Waals surface area (Å²) in [5.41, 5.74) is 0.964. The van der Waals surface area contributed by atoms with Crippen molar-refractivity contribution in [2.24, 2.45) is 4.99 Å². The minimum absolute atomic E-state index is 0.160. The maximum absolute atomic E-state index is 5.71. The zero-order valence-corrected chi connectivity index (χ0v) is 18.7. The Morgan fingerprint density at radius 3 is 2.52 bits per heavy atom. The highest BCUT2D eigenvalue weighted by Crippen LogP contribution is 2.18. The van der Waals surface area contributed by atoms with Gasteiger partial charge in [-0.15, -0.1) is 11.3 Å². The summed E-state index contributed by atoms with van der Waals surface area (Å²) < 4.78 is 16.2. The molecule has 6 nitrogen and oxygen atoms in total. The molecular formula is C22H33N3O3S. The van der Waals surface area contributed by atoms with Gasteiger partial charge in [0.1, 0.15) is 5.75 Å². The van der Waals surface area contributed by atoms with Crippen LogP contribution in [0.15, 0.2) is 41.4 Å². The predicted octanol–water partition coefficient (Wildman–Crippen LogP) is 4.45. The third-order valence-corrected chi connectivity index (χ3v) is 4.85. The highest BCUT2D eigenvalue weighted by Gasteiger charge is 2.03. The fourth-order valence-electron chi connectivity index (χ4n) is 2.52. The van der Waals surface area contributed by atoms with Crippen LogP contribution in [0, 0.1) is 6.92 Å². The van der Waals surface area contributed by atoms with Gasteiger partial charge >= 0.3 is 0 Å². The Morgan fingerprint density at radius 1 is 1.07 bits per heavy atom. The molecule has 2 rings (SSSR count). The van der Waals surface area contributed by atoms with Crippen LogP contribution in [-0.2, 0) is 16.0 Å². The summed E-state index contributed by atoms with van der Waals surface area (Å²) in [7, 11) is 1.68. The van der Waals surface area contributed by atoms with Gasteiger partial charge in [0.25, 0.3) is 0 Å². The Kier molecular flexibility index (Phi) is 10.5. The highest BCUT2D eigenvalue weighted by atomic mass is 32.1. The van der Waals surface area contributed by atoms with Crippen LogP contribution in [0.5, 0.6) is 5.75 Å². The van der Waals surface area contributed by atoms with Crippen LogP contribution in [0.2, 0.25) is 0 Å². The number of hydrogen-bond acceptors (Lipinski definition) is 5. The molecule has 0 radical (unpaired) electrons. The van der Waals surface area contributed by atoms with Gasteiger partial charge in [-0.3, -0.25) is 0 Å². The quantitative estimate of drug-likeness (QED) is 0.302. The smallest absolute Gasteiger partial charge is 0.196 e. The maximum atomic E-state index is 5.71. The minimum Gasteiger partial charge on any atom is -0.491 e. The summed E-state index contributed by atoms with van der Waals surface area (Å²) in [6, 6.07) is 12.2. The molecule has 160 valence electrons. The number of nitrogens with one attached hydrogen (secondary N) is 2. The lowest BCUT2D eigenvalue weighted by Crippen LogP contribution is -2.32. The number of ether oxygens (including phenoxy) is 3. The largest absolute Gasteiger partial charge is 0.491 e. The molecule has 0 saturated heterocycles. The summed E-state index contributed by atoms with van der Waals surface area (Å²) in [6.45, 7) is 9.51. The average molecular weight is 420 g/mol. The van der Waals surface area contributed by atoms with Gasteiger partial charge in [-0.1, -0.05) is 0 Å². The number of guanidine groups is 1. The van der Waals surface area contributed by atoms with Crippen molar-refractivity contribution in [2.45, 2.75) is 39.8 Å². The van der Waals surface area contributed by atoms with E-state index in [9.17, 15) is 0 Å². The molecule has 0 fully saturated rings. The first-order chi connectivity index (χ1) is 14.1. The van der Waals surface area contributed by atoms with E-state index < -0.39 is 0 Å². The molecule has 0 spiro atoms. The first kappa shape index (κ1) is 23.2. The molecule has 29 heavy (non-hydrogen) atoms. The number of thiophene rings is 1. The van der Waals surface area contributed by atoms with E-state index in [1.54, 1.807) is 18.4 Å². The Bertz CT molecular complexity index is 729. The van der Waals surface area contributed by atoms with Gasteiger partial charge in [0.05, 0.1) is 25.9 Å². The Hall–Kier alpha value is -2.09. The number of benzene rings is 1. The van der Waals surface area contributed by atoms with Gasteiger partial charge in [0.2, 0.25) is 0 Å². The molecule has 2 N–H and O–H groups in total. The first-order valence-corrected chi connectivity index (χ1v) is 10.8. The van der Waals surface area contributed by atoms with Gasteiger partial charge in [-0.05, 0) is 63.6 Å². The van der Waals surface area contributed by atoms with Crippen LogP contribution < -0.4 is 15.4 Å². The van der Waals surface area contributed by atoms with E-state index >= 15 is 0 Å². The van der Waals surface area contributed by atoms with Gasteiger partial charge in [-0.2, -0.15) is 0 Å². The SMILES string of the molecule is COCCOCCCNC(=NCc1ccc(C)s1)Nc1ccc(OC(C)C)cc1. The Balaban J connectivity index is 1.90. The lowest BCUT2D eigenvalue weighted by atomic mass is 10.3. The number of methoxy groups -OCH3 is 1. The van der Waals surface area contributed by atoms with E-state index in [1.165, 1.54) is 9.75 Å². The standard InChI is InChI=1S/C22H33N3O3S/c1-17(2)28-20-9-7-19(8-10-20)25-22(23-12-5-13-27-15-14-26-4)24-16-21-11-6-18(3)29-21/h6-11,17H,5,12-16H2,1-4H3,(H2,23,24,25). The molecule has 0 amide bonds. The van der Waals surface area contributed by atoms with Crippen LogP contribution >= 0.6 is 11.3 Å². The predicted molar refractivity (Wildman–Crippen MR) is 121 cm³/mol. The number of aryl methyl sites for hydroxylation is 1. The van der Waals surface area contributed by atoms with Crippen LogP contribution in [0.3, 0.4) is 0 Å². The van der Waals surface area contributed by atoms with Gasteiger partial charge in [0, 0.05) is 35.7 Å². The van der Waals surface area contributed by atoms with E-state index in [-0.39, 0.29) is 6.10 Å².